The van der Waals surface area contributed by atoms with Crippen LogP contribution >= 0.6 is 0 Å². The zero-order chi connectivity index (χ0) is 17.4. The summed E-state index contributed by atoms with van der Waals surface area (Å²) in [6.45, 7) is 11.2. The molecule has 1 aromatic carbocycles. The van der Waals surface area contributed by atoms with Crippen LogP contribution in [0.5, 0.6) is 5.75 Å². The van der Waals surface area contributed by atoms with Crippen molar-refractivity contribution in [3.05, 3.63) is 23.8 Å². The molecule has 2 fully saturated rings. The third-order valence-corrected chi connectivity index (χ3v) is 5.90. The molecule has 1 heterocycles. The lowest BCUT2D eigenvalue weighted by atomic mass is 9.75. The van der Waals surface area contributed by atoms with Gasteiger partial charge in [0.25, 0.3) is 0 Å². The Morgan fingerprint density at radius 1 is 1.04 bits per heavy atom. The van der Waals surface area contributed by atoms with Crippen LogP contribution in [0.2, 0.25) is 0 Å². The Labute approximate surface area is 147 Å². The van der Waals surface area contributed by atoms with Gasteiger partial charge < -0.3 is 14.0 Å². The van der Waals surface area contributed by atoms with E-state index in [2.05, 4.69) is 45.9 Å². The highest BCUT2D eigenvalue weighted by Gasteiger charge is 2.51. The van der Waals surface area contributed by atoms with E-state index in [9.17, 15) is 0 Å². The van der Waals surface area contributed by atoms with Crippen molar-refractivity contribution >= 4 is 12.6 Å². The molecule has 4 heteroatoms. The molecule has 1 saturated carbocycles. The Balaban J connectivity index is 1.90. The lowest BCUT2D eigenvalue weighted by molar-refractivity contribution is 0.00578. The lowest BCUT2D eigenvalue weighted by Crippen LogP contribution is -2.41. The van der Waals surface area contributed by atoms with Crippen LogP contribution in [0.4, 0.5) is 0 Å². The molecule has 1 aromatic rings. The first-order valence-electron chi connectivity index (χ1n) is 9.46. The van der Waals surface area contributed by atoms with E-state index in [0.29, 0.717) is 12.5 Å². The molecule has 0 bridgehead atoms. The molecule has 0 amide bonds. The van der Waals surface area contributed by atoms with Crippen LogP contribution in [0.15, 0.2) is 18.2 Å². The van der Waals surface area contributed by atoms with Gasteiger partial charge in [-0.3, -0.25) is 0 Å². The fraction of sp³-hybridized carbons (Fsp3) is 0.700. The summed E-state index contributed by atoms with van der Waals surface area (Å²) in [6, 6.07) is 6.47. The van der Waals surface area contributed by atoms with Gasteiger partial charge in [0.05, 0.1) is 17.8 Å². The summed E-state index contributed by atoms with van der Waals surface area (Å²) in [7, 11) is -0.298. The third kappa shape index (κ3) is 3.36. The molecule has 0 radical (unpaired) electrons. The quantitative estimate of drug-likeness (QED) is 0.764. The predicted octanol–water partition coefficient (Wildman–Crippen LogP) is 4.43. The minimum atomic E-state index is -0.304. The van der Waals surface area contributed by atoms with Gasteiger partial charge in [-0.1, -0.05) is 31.4 Å². The molecule has 1 aliphatic heterocycles. The van der Waals surface area contributed by atoms with Crippen LogP contribution in [-0.4, -0.2) is 24.9 Å². The number of benzene rings is 1. The van der Waals surface area contributed by atoms with E-state index in [1.54, 1.807) is 0 Å². The minimum absolute atomic E-state index is 0.298. The molecular formula is C20H31BO3. The van der Waals surface area contributed by atoms with E-state index < -0.39 is 0 Å². The van der Waals surface area contributed by atoms with Gasteiger partial charge >= 0.3 is 7.12 Å². The van der Waals surface area contributed by atoms with Crippen molar-refractivity contribution in [3.8, 4) is 5.75 Å². The van der Waals surface area contributed by atoms with Gasteiger partial charge in [-0.2, -0.15) is 0 Å². The highest BCUT2D eigenvalue weighted by molar-refractivity contribution is 6.62. The Hall–Kier alpha value is -0.995. The van der Waals surface area contributed by atoms with Gasteiger partial charge in [0, 0.05) is 0 Å². The van der Waals surface area contributed by atoms with Gasteiger partial charge in [0.2, 0.25) is 0 Å². The maximum absolute atomic E-state index is 6.23. The third-order valence-electron chi connectivity index (χ3n) is 5.90. The summed E-state index contributed by atoms with van der Waals surface area (Å²) < 4.78 is 18.4. The van der Waals surface area contributed by atoms with Gasteiger partial charge in [-0.25, -0.2) is 0 Å². The first-order valence-corrected chi connectivity index (χ1v) is 9.46. The molecule has 132 valence electrons. The van der Waals surface area contributed by atoms with Crippen molar-refractivity contribution in [3.63, 3.8) is 0 Å². The molecule has 0 atom stereocenters. The Morgan fingerprint density at radius 2 is 1.67 bits per heavy atom. The van der Waals surface area contributed by atoms with E-state index in [1.165, 1.54) is 37.7 Å². The van der Waals surface area contributed by atoms with Crippen molar-refractivity contribution in [2.75, 3.05) is 6.61 Å². The van der Waals surface area contributed by atoms with Gasteiger partial charge in [0.15, 0.2) is 0 Å². The van der Waals surface area contributed by atoms with Gasteiger partial charge in [-0.05, 0) is 70.5 Å². The predicted molar refractivity (Wildman–Crippen MR) is 99.2 cm³/mol. The lowest BCUT2D eigenvalue weighted by Gasteiger charge is -2.32. The summed E-state index contributed by atoms with van der Waals surface area (Å²) in [6.07, 6.45) is 6.51. The number of rotatable bonds is 4. The Kier molecular flexibility index (Phi) is 4.99. The summed E-state index contributed by atoms with van der Waals surface area (Å²) in [5.41, 5.74) is 1.84. The normalized spacial score (nSPS) is 23.5. The zero-order valence-corrected chi connectivity index (χ0v) is 15.9. The van der Waals surface area contributed by atoms with E-state index in [-0.39, 0.29) is 18.3 Å². The molecule has 24 heavy (non-hydrogen) atoms. The molecule has 1 saturated heterocycles. The topological polar surface area (TPSA) is 27.7 Å². The Bertz CT molecular complexity index is 560. The largest absolute Gasteiger partial charge is 0.494 e. The highest BCUT2D eigenvalue weighted by atomic mass is 16.7. The average molecular weight is 330 g/mol. The molecule has 1 aliphatic carbocycles. The number of hydrogen-bond donors (Lipinski definition) is 0. The molecule has 0 aromatic heterocycles. The Morgan fingerprint density at radius 3 is 2.25 bits per heavy atom. The van der Waals surface area contributed by atoms with Crippen molar-refractivity contribution < 1.29 is 14.0 Å². The fourth-order valence-electron chi connectivity index (χ4n) is 3.71. The van der Waals surface area contributed by atoms with Crippen LogP contribution in [0.3, 0.4) is 0 Å². The standard InChI is InChI=1S/C20H31BO3/c1-6-22-18-13-12-16(14-17(18)15-10-8-7-9-11-15)21-23-19(2,3)20(4,5)24-21/h12-15H,6-11H2,1-5H3. The van der Waals surface area contributed by atoms with E-state index in [1.807, 2.05) is 6.92 Å². The first-order chi connectivity index (χ1) is 11.3. The number of hydrogen-bond acceptors (Lipinski definition) is 3. The molecular weight excluding hydrogens is 299 g/mol. The smallest absolute Gasteiger partial charge is 0.494 e. The summed E-state index contributed by atoms with van der Waals surface area (Å²) >= 11 is 0. The second-order valence-electron chi connectivity index (χ2n) is 8.15. The van der Waals surface area contributed by atoms with Gasteiger partial charge in [0.1, 0.15) is 5.75 Å². The summed E-state index contributed by atoms with van der Waals surface area (Å²) in [5.74, 6) is 1.63. The van der Waals surface area contributed by atoms with E-state index in [4.69, 9.17) is 14.0 Å². The van der Waals surface area contributed by atoms with Crippen molar-refractivity contribution in [2.24, 2.45) is 0 Å². The summed E-state index contributed by atoms with van der Waals surface area (Å²) in [4.78, 5) is 0. The average Bonchev–Trinajstić information content (AvgIpc) is 2.77. The van der Waals surface area contributed by atoms with Gasteiger partial charge in [-0.15, -0.1) is 0 Å². The van der Waals surface area contributed by atoms with Crippen molar-refractivity contribution in [1.29, 1.82) is 0 Å². The first kappa shape index (κ1) is 17.8. The molecule has 0 N–H and O–H groups in total. The van der Waals surface area contributed by atoms with E-state index in [0.717, 1.165) is 11.2 Å². The molecule has 3 nitrogen and oxygen atoms in total. The number of ether oxygens (including phenoxy) is 1. The fourth-order valence-corrected chi connectivity index (χ4v) is 3.71. The monoisotopic (exact) mass is 330 g/mol. The zero-order valence-electron chi connectivity index (χ0n) is 15.9. The highest BCUT2D eigenvalue weighted by Crippen LogP contribution is 2.39. The molecule has 3 rings (SSSR count). The van der Waals surface area contributed by atoms with Crippen LogP contribution in [0.1, 0.15) is 78.2 Å². The van der Waals surface area contributed by atoms with Crippen LogP contribution in [0, 0.1) is 0 Å². The van der Waals surface area contributed by atoms with Crippen LogP contribution in [0.25, 0.3) is 0 Å². The molecule has 0 unspecified atom stereocenters. The maximum atomic E-state index is 6.23. The van der Waals surface area contributed by atoms with Crippen molar-refractivity contribution in [2.45, 2.75) is 83.8 Å². The maximum Gasteiger partial charge on any atom is 0.494 e. The molecule has 2 aliphatic rings. The SMILES string of the molecule is CCOc1ccc(B2OC(C)(C)C(C)(C)O2)cc1C1CCCCC1. The van der Waals surface area contributed by atoms with Crippen molar-refractivity contribution in [1.82, 2.24) is 0 Å². The van der Waals surface area contributed by atoms with E-state index >= 15 is 0 Å². The van der Waals surface area contributed by atoms with Crippen LogP contribution < -0.4 is 10.2 Å². The second-order valence-corrected chi connectivity index (χ2v) is 8.15. The second kappa shape index (κ2) is 6.72. The summed E-state index contributed by atoms with van der Waals surface area (Å²) in [5, 5.41) is 0. The molecule has 0 spiro atoms. The van der Waals surface area contributed by atoms with Crippen LogP contribution in [-0.2, 0) is 9.31 Å². The minimum Gasteiger partial charge on any atom is -0.494 e.